The highest BCUT2D eigenvalue weighted by molar-refractivity contribution is 6.12. The van der Waals surface area contributed by atoms with Gasteiger partial charge in [-0.15, -0.1) is 0 Å². The first kappa shape index (κ1) is 25.5. The van der Waals surface area contributed by atoms with Crippen molar-refractivity contribution in [1.29, 1.82) is 0 Å². The number of rotatable bonds is 4. The van der Waals surface area contributed by atoms with Gasteiger partial charge in [-0.3, -0.25) is 9.59 Å². The third kappa shape index (κ3) is 4.97. The summed E-state index contributed by atoms with van der Waals surface area (Å²) in [6, 6.07) is 17.8. The van der Waals surface area contributed by atoms with Gasteiger partial charge in [0.15, 0.2) is 5.65 Å². The Morgan fingerprint density at radius 2 is 1.70 bits per heavy atom. The van der Waals surface area contributed by atoms with Gasteiger partial charge in [-0.1, -0.05) is 30.3 Å². The van der Waals surface area contributed by atoms with Crippen LogP contribution in [0.1, 0.15) is 50.7 Å². The van der Waals surface area contributed by atoms with Crippen LogP contribution in [0.15, 0.2) is 79.3 Å². The maximum Gasteiger partial charge on any atom is 0.433 e. The van der Waals surface area contributed by atoms with Crippen LogP contribution in [0.25, 0.3) is 16.6 Å². The molecule has 0 unspecified atom stereocenters. The minimum absolute atomic E-state index is 0.0498. The number of likely N-dealkylation sites (tertiary alicyclic amines) is 1. The van der Waals surface area contributed by atoms with Crippen molar-refractivity contribution in [2.24, 2.45) is 0 Å². The van der Waals surface area contributed by atoms with Crippen LogP contribution in [0.4, 0.5) is 18.9 Å². The molecule has 2 amide bonds. The number of carbonyl (C=O) groups excluding carboxylic acids is 2. The van der Waals surface area contributed by atoms with Gasteiger partial charge in [0.05, 0.1) is 16.6 Å². The topological polar surface area (TPSA) is 92.5 Å². The number of hydrogen-bond acceptors (Lipinski definition) is 5. The molecule has 0 spiro atoms. The van der Waals surface area contributed by atoms with Crippen LogP contribution in [0.2, 0.25) is 0 Å². The highest BCUT2D eigenvalue weighted by Crippen LogP contribution is 2.32. The minimum Gasteiger partial charge on any atom is -0.339 e. The maximum atomic E-state index is 13.4. The molecule has 11 heteroatoms. The molecule has 202 valence electrons. The van der Waals surface area contributed by atoms with Gasteiger partial charge in [0, 0.05) is 30.4 Å². The highest BCUT2D eigenvalue weighted by atomic mass is 19.4. The van der Waals surface area contributed by atoms with E-state index in [0.717, 1.165) is 24.5 Å². The molecule has 4 heterocycles. The number of hydrogen-bond donors (Lipinski definition) is 1. The lowest BCUT2D eigenvalue weighted by atomic mass is 9.89. The Kier molecular flexibility index (Phi) is 6.41. The Morgan fingerprint density at radius 3 is 2.45 bits per heavy atom. The van der Waals surface area contributed by atoms with Crippen molar-refractivity contribution in [2.75, 3.05) is 18.4 Å². The van der Waals surface area contributed by atoms with E-state index in [0.29, 0.717) is 35.4 Å². The molecule has 0 saturated carbocycles. The molecular weight excluding hydrogens is 521 g/mol. The second-order valence-corrected chi connectivity index (χ2v) is 9.69. The molecule has 40 heavy (non-hydrogen) atoms. The Labute approximate surface area is 226 Å². The van der Waals surface area contributed by atoms with Crippen LogP contribution in [0, 0.1) is 0 Å². The van der Waals surface area contributed by atoms with Crippen LogP contribution in [-0.4, -0.2) is 49.4 Å². The Hall–Kier alpha value is -4.80. The standard InChI is InChI=1S/C29H23F3N6O2/c30-29(31,32)25-15-23(22-3-1-2-4-24(22)36-25)27(39)35-21-8-5-18(6-9-21)19-11-13-37(14-12-19)28(40)20-7-10-26-33-17-34-38(26)16-20/h1-10,15-17,19H,11-14H2,(H,35,39). The summed E-state index contributed by atoms with van der Waals surface area (Å²) in [6.45, 7) is 1.21. The number of anilines is 1. The highest BCUT2D eigenvalue weighted by Gasteiger charge is 2.34. The van der Waals surface area contributed by atoms with Crippen molar-refractivity contribution >= 4 is 34.1 Å². The third-order valence-corrected chi connectivity index (χ3v) is 7.19. The maximum absolute atomic E-state index is 13.4. The zero-order chi connectivity index (χ0) is 27.9. The van der Waals surface area contributed by atoms with Gasteiger partial charge < -0.3 is 10.2 Å². The average molecular weight is 545 g/mol. The van der Waals surface area contributed by atoms with Crippen LogP contribution in [0.3, 0.4) is 0 Å². The number of alkyl halides is 3. The molecule has 1 saturated heterocycles. The van der Waals surface area contributed by atoms with Crippen molar-refractivity contribution in [3.63, 3.8) is 0 Å². The number of nitrogens with zero attached hydrogens (tertiary/aromatic N) is 5. The molecule has 0 radical (unpaired) electrons. The smallest absolute Gasteiger partial charge is 0.339 e. The molecule has 8 nitrogen and oxygen atoms in total. The number of carbonyl (C=O) groups is 2. The summed E-state index contributed by atoms with van der Waals surface area (Å²) in [5.41, 5.74) is 1.66. The molecule has 2 aromatic carbocycles. The van der Waals surface area contributed by atoms with Crippen LogP contribution in [0.5, 0.6) is 0 Å². The average Bonchev–Trinajstić information content (AvgIpc) is 3.44. The molecule has 1 aliphatic rings. The lowest BCUT2D eigenvalue weighted by Gasteiger charge is -2.32. The number of amides is 2. The van der Waals surface area contributed by atoms with E-state index >= 15 is 0 Å². The van der Waals surface area contributed by atoms with Crippen molar-refractivity contribution in [3.05, 3.63) is 102 Å². The minimum atomic E-state index is -4.67. The number of halogens is 3. The van der Waals surface area contributed by atoms with Crippen LogP contribution >= 0.6 is 0 Å². The third-order valence-electron chi connectivity index (χ3n) is 7.19. The largest absolute Gasteiger partial charge is 0.433 e. The first-order chi connectivity index (χ1) is 19.3. The van der Waals surface area contributed by atoms with E-state index in [2.05, 4.69) is 20.4 Å². The van der Waals surface area contributed by atoms with Crippen molar-refractivity contribution in [2.45, 2.75) is 24.9 Å². The van der Waals surface area contributed by atoms with Crippen molar-refractivity contribution in [1.82, 2.24) is 24.5 Å². The van der Waals surface area contributed by atoms with E-state index in [1.807, 2.05) is 17.0 Å². The normalized spacial score (nSPS) is 14.5. The summed E-state index contributed by atoms with van der Waals surface area (Å²) < 4.78 is 41.7. The number of piperidine rings is 1. The molecular formula is C29H23F3N6O2. The predicted molar refractivity (Wildman–Crippen MR) is 142 cm³/mol. The first-order valence-corrected chi connectivity index (χ1v) is 12.7. The van der Waals surface area contributed by atoms with E-state index in [4.69, 9.17) is 0 Å². The molecule has 3 aromatic heterocycles. The zero-order valence-electron chi connectivity index (χ0n) is 21.1. The molecule has 6 rings (SSSR count). The number of fused-ring (bicyclic) bond motifs is 2. The molecule has 0 bridgehead atoms. The summed E-state index contributed by atoms with van der Waals surface area (Å²) in [5.74, 6) is -0.455. The van der Waals surface area contributed by atoms with Crippen molar-refractivity contribution in [3.8, 4) is 0 Å². The fourth-order valence-corrected chi connectivity index (χ4v) is 5.09. The molecule has 0 atom stereocenters. The summed E-state index contributed by atoms with van der Waals surface area (Å²) in [7, 11) is 0. The molecule has 1 aliphatic heterocycles. The summed E-state index contributed by atoms with van der Waals surface area (Å²) in [6.07, 6.45) is 0.0171. The first-order valence-electron chi connectivity index (χ1n) is 12.7. The number of para-hydroxylation sites is 1. The second kappa shape index (κ2) is 10.1. The fourth-order valence-electron chi connectivity index (χ4n) is 5.09. The van der Waals surface area contributed by atoms with Gasteiger partial charge in [0.1, 0.15) is 12.0 Å². The number of nitrogens with one attached hydrogen (secondary N) is 1. The molecule has 1 N–H and O–H groups in total. The predicted octanol–water partition coefficient (Wildman–Crippen LogP) is 5.57. The van der Waals surface area contributed by atoms with E-state index in [1.54, 1.807) is 53.2 Å². The van der Waals surface area contributed by atoms with E-state index in [-0.39, 0.29) is 22.9 Å². The second-order valence-electron chi connectivity index (χ2n) is 9.69. The van der Waals surface area contributed by atoms with Gasteiger partial charge >= 0.3 is 6.18 Å². The summed E-state index contributed by atoms with van der Waals surface area (Å²) in [5, 5.41) is 7.14. The zero-order valence-corrected chi connectivity index (χ0v) is 21.1. The quantitative estimate of drug-likeness (QED) is 0.320. The van der Waals surface area contributed by atoms with E-state index in [1.165, 1.54) is 12.4 Å². The lowest BCUT2D eigenvalue weighted by Crippen LogP contribution is -2.38. The number of aromatic nitrogens is 4. The number of pyridine rings is 2. The van der Waals surface area contributed by atoms with Gasteiger partial charge in [-0.2, -0.15) is 18.3 Å². The lowest BCUT2D eigenvalue weighted by molar-refractivity contribution is -0.141. The SMILES string of the molecule is O=C(Nc1ccc(C2CCN(C(=O)c3ccc4ncnn4c3)CC2)cc1)c1cc(C(F)(F)F)nc2ccccc12. The number of benzene rings is 2. The molecule has 1 fully saturated rings. The van der Waals surface area contributed by atoms with E-state index in [9.17, 15) is 22.8 Å². The van der Waals surface area contributed by atoms with E-state index < -0.39 is 17.8 Å². The van der Waals surface area contributed by atoms with Crippen LogP contribution < -0.4 is 5.32 Å². The van der Waals surface area contributed by atoms with Crippen LogP contribution in [-0.2, 0) is 6.18 Å². The Morgan fingerprint density at radius 1 is 0.950 bits per heavy atom. The summed E-state index contributed by atoms with van der Waals surface area (Å²) in [4.78, 5) is 35.6. The van der Waals surface area contributed by atoms with Gasteiger partial charge in [0.2, 0.25) is 0 Å². The Bertz CT molecular complexity index is 1720. The van der Waals surface area contributed by atoms with Crippen molar-refractivity contribution < 1.29 is 22.8 Å². The molecule has 0 aliphatic carbocycles. The monoisotopic (exact) mass is 544 g/mol. The van der Waals surface area contributed by atoms with Gasteiger partial charge in [-0.05, 0) is 60.7 Å². The van der Waals surface area contributed by atoms with Gasteiger partial charge in [-0.25, -0.2) is 14.5 Å². The summed E-state index contributed by atoms with van der Waals surface area (Å²) >= 11 is 0. The fraction of sp³-hybridized carbons (Fsp3) is 0.207. The van der Waals surface area contributed by atoms with Gasteiger partial charge in [0.25, 0.3) is 11.8 Å². The Balaban J connectivity index is 1.11. The molecule has 5 aromatic rings.